The number of carbonyl (C=O) groups excluding carboxylic acids is 1. The highest BCUT2D eigenvalue weighted by Gasteiger charge is 2.19. The molecular formula is C23H20FN5O3S. The molecule has 2 N–H and O–H groups in total. The van der Waals surface area contributed by atoms with Crippen LogP contribution in [0, 0.1) is 5.82 Å². The fraction of sp³-hybridized carbons (Fsp3) is 0.0870. The summed E-state index contributed by atoms with van der Waals surface area (Å²) in [5.41, 5.74) is 1.68. The van der Waals surface area contributed by atoms with Crippen LogP contribution in [-0.4, -0.2) is 29.1 Å². The quantitative estimate of drug-likeness (QED) is 0.433. The third-order valence-electron chi connectivity index (χ3n) is 4.95. The van der Waals surface area contributed by atoms with E-state index in [9.17, 15) is 17.6 Å². The van der Waals surface area contributed by atoms with Gasteiger partial charge in [0.1, 0.15) is 18.5 Å². The van der Waals surface area contributed by atoms with E-state index in [0.717, 1.165) is 17.3 Å². The first kappa shape index (κ1) is 22.2. The highest BCUT2D eigenvalue weighted by atomic mass is 32.2. The van der Waals surface area contributed by atoms with Crippen LogP contribution >= 0.6 is 0 Å². The average Bonchev–Trinajstić information content (AvgIpc) is 3.36. The van der Waals surface area contributed by atoms with E-state index in [0.29, 0.717) is 0 Å². The Morgan fingerprint density at radius 3 is 2.48 bits per heavy atom. The standard InChI is InChI=1S/C23H20FN5O3S/c1-16(17-9-11-19(12-10-17)29-15-25-14-26-29)27-23(30)18-5-4-6-20(13-18)33(31,32)28-22-8-3-2-7-21(22)24/h2-16,28H,1H3,(H,27,30). The zero-order chi connectivity index (χ0) is 23.4. The third-order valence-corrected chi connectivity index (χ3v) is 6.31. The maximum Gasteiger partial charge on any atom is 0.262 e. The van der Waals surface area contributed by atoms with Gasteiger partial charge in [-0.05, 0) is 55.0 Å². The lowest BCUT2D eigenvalue weighted by Crippen LogP contribution is -2.27. The van der Waals surface area contributed by atoms with Crippen LogP contribution in [0.3, 0.4) is 0 Å². The second kappa shape index (κ2) is 9.21. The van der Waals surface area contributed by atoms with Gasteiger partial charge in [-0.3, -0.25) is 9.52 Å². The van der Waals surface area contributed by atoms with Crippen molar-refractivity contribution in [3.05, 3.63) is 102 Å². The number of para-hydroxylation sites is 1. The van der Waals surface area contributed by atoms with Gasteiger partial charge in [-0.15, -0.1) is 0 Å². The maximum absolute atomic E-state index is 13.9. The number of amides is 1. The molecule has 0 aliphatic rings. The van der Waals surface area contributed by atoms with Gasteiger partial charge in [0.15, 0.2) is 0 Å². The van der Waals surface area contributed by atoms with Gasteiger partial charge in [-0.25, -0.2) is 22.5 Å². The van der Waals surface area contributed by atoms with E-state index in [1.807, 2.05) is 31.2 Å². The van der Waals surface area contributed by atoms with Crippen LogP contribution in [0.5, 0.6) is 0 Å². The predicted molar refractivity (Wildman–Crippen MR) is 121 cm³/mol. The normalized spacial score (nSPS) is 12.2. The van der Waals surface area contributed by atoms with Crippen LogP contribution < -0.4 is 10.0 Å². The molecule has 4 aromatic rings. The molecule has 1 unspecified atom stereocenters. The van der Waals surface area contributed by atoms with Gasteiger partial charge in [-0.1, -0.05) is 30.3 Å². The molecule has 10 heteroatoms. The molecule has 0 saturated heterocycles. The van der Waals surface area contributed by atoms with Crippen LogP contribution in [0.25, 0.3) is 5.69 Å². The van der Waals surface area contributed by atoms with E-state index in [2.05, 4.69) is 20.1 Å². The number of hydrogen-bond acceptors (Lipinski definition) is 5. The van der Waals surface area contributed by atoms with Crippen molar-refractivity contribution in [2.24, 2.45) is 0 Å². The summed E-state index contributed by atoms with van der Waals surface area (Å²) in [6, 6.07) is 18.1. The Labute approximate surface area is 190 Å². The maximum atomic E-state index is 13.9. The summed E-state index contributed by atoms with van der Waals surface area (Å²) in [5, 5.41) is 6.92. The van der Waals surface area contributed by atoms with Crippen LogP contribution in [0.1, 0.15) is 28.9 Å². The van der Waals surface area contributed by atoms with E-state index in [4.69, 9.17) is 0 Å². The molecule has 8 nitrogen and oxygen atoms in total. The number of sulfonamides is 1. The summed E-state index contributed by atoms with van der Waals surface area (Å²) in [6.45, 7) is 1.82. The highest BCUT2D eigenvalue weighted by molar-refractivity contribution is 7.92. The Morgan fingerprint density at radius 1 is 1.03 bits per heavy atom. The summed E-state index contributed by atoms with van der Waals surface area (Å²) in [5.74, 6) is -1.13. The third kappa shape index (κ3) is 5.07. The molecule has 33 heavy (non-hydrogen) atoms. The second-order valence-corrected chi connectivity index (χ2v) is 8.92. The fourth-order valence-corrected chi connectivity index (χ4v) is 4.29. The molecule has 1 aromatic heterocycles. The highest BCUT2D eigenvalue weighted by Crippen LogP contribution is 2.20. The largest absolute Gasteiger partial charge is 0.346 e. The molecule has 1 heterocycles. The molecule has 0 aliphatic heterocycles. The molecule has 0 bridgehead atoms. The van der Waals surface area contributed by atoms with Crippen molar-refractivity contribution in [1.82, 2.24) is 20.1 Å². The van der Waals surface area contributed by atoms with E-state index >= 15 is 0 Å². The second-order valence-electron chi connectivity index (χ2n) is 7.24. The summed E-state index contributed by atoms with van der Waals surface area (Å²) in [7, 11) is -4.08. The van der Waals surface area contributed by atoms with E-state index in [1.165, 1.54) is 48.8 Å². The molecule has 0 fully saturated rings. The topological polar surface area (TPSA) is 106 Å². The number of nitrogens with zero attached hydrogens (tertiary/aromatic N) is 3. The molecule has 0 saturated carbocycles. The Bertz CT molecular complexity index is 1370. The number of hydrogen-bond donors (Lipinski definition) is 2. The number of rotatable bonds is 7. The summed E-state index contributed by atoms with van der Waals surface area (Å²) < 4.78 is 43.0. The minimum atomic E-state index is -4.08. The fourth-order valence-electron chi connectivity index (χ4n) is 3.17. The van der Waals surface area contributed by atoms with Crippen LogP contribution in [0.4, 0.5) is 10.1 Å². The van der Waals surface area contributed by atoms with Crippen molar-refractivity contribution in [3.8, 4) is 5.69 Å². The van der Waals surface area contributed by atoms with Crippen LogP contribution in [-0.2, 0) is 10.0 Å². The lowest BCUT2D eigenvalue weighted by Gasteiger charge is -2.15. The van der Waals surface area contributed by atoms with Crippen molar-refractivity contribution in [2.45, 2.75) is 17.9 Å². The van der Waals surface area contributed by atoms with Gasteiger partial charge in [0.2, 0.25) is 0 Å². The van der Waals surface area contributed by atoms with Crippen molar-refractivity contribution in [3.63, 3.8) is 0 Å². The summed E-state index contributed by atoms with van der Waals surface area (Å²) >= 11 is 0. The van der Waals surface area contributed by atoms with E-state index < -0.39 is 21.7 Å². The number of benzene rings is 3. The first-order valence-corrected chi connectivity index (χ1v) is 11.4. The molecule has 0 spiro atoms. The monoisotopic (exact) mass is 465 g/mol. The zero-order valence-corrected chi connectivity index (χ0v) is 18.3. The minimum Gasteiger partial charge on any atom is -0.346 e. The molecular weight excluding hydrogens is 445 g/mol. The number of halogens is 1. The first-order chi connectivity index (χ1) is 15.8. The molecule has 1 amide bonds. The van der Waals surface area contributed by atoms with E-state index in [-0.39, 0.29) is 22.2 Å². The van der Waals surface area contributed by atoms with Crippen molar-refractivity contribution in [2.75, 3.05) is 4.72 Å². The molecule has 0 radical (unpaired) electrons. The van der Waals surface area contributed by atoms with Gasteiger partial charge in [0, 0.05) is 5.56 Å². The minimum absolute atomic E-state index is 0.150. The number of aromatic nitrogens is 3. The van der Waals surface area contributed by atoms with Crippen molar-refractivity contribution in [1.29, 1.82) is 0 Å². The molecule has 0 aliphatic carbocycles. The smallest absolute Gasteiger partial charge is 0.262 e. The lowest BCUT2D eigenvalue weighted by molar-refractivity contribution is 0.0939. The number of anilines is 1. The molecule has 1 atom stereocenters. The van der Waals surface area contributed by atoms with Crippen molar-refractivity contribution >= 4 is 21.6 Å². The van der Waals surface area contributed by atoms with Crippen molar-refractivity contribution < 1.29 is 17.6 Å². The van der Waals surface area contributed by atoms with Gasteiger partial charge in [0.25, 0.3) is 15.9 Å². The number of nitrogens with one attached hydrogen (secondary N) is 2. The summed E-state index contributed by atoms with van der Waals surface area (Å²) in [6.07, 6.45) is 3.03. The molecule has 4 rings (SSSR count). The SMILES string of the molecule is CC(NC(=O)c1cccc(S(=O)(=O)Nc2ccccc2F)c1)c1ccc(-n2cncn2)cc1. The molecule has 3 aromatic carbocycles. The summed E-state index contributed by atoms with van der Waals surface area (Å²) in [4.78, 5) is 16.5. The zero-order valence-electron chi connectivity index (χ0n) is 17.5. The Hall–Kier alpha value is -4.05. The van der Waals surface area contributed by atoms with E-state index in [1.54, 1.807) is 11.0 Å². The Balaban J connectivity index is 1.47. The van der Waals surface area contributed by atoms with Gasteiger partial charge in [-0.2, -0.15) is 5.10 Å². The first-order valence-electron chi connectivity index (χ1n) is 9.97. The van der Waals surface area contributed by atoms with Crippen LogP contribution in [0.15, 0.2) is 90.3 Å². The van der Waals surface area contributed by atoms with Crippen LogP contribution in [0.2, 0.25) is 0 Å². The molecule has 168 valence electrons. The lowest BCUT2D eigenvalue weighted by atomic mass is 10.1. The Kier molecular flexibility index (Phi) is 6.18. The van der Waals surface area contributed by atoms with Gasteiger partial charge in [0.05, 0.1) is 22.3 Å². The van der Waals surface area contributed by atoms with Gasteiger partial charge >= 0.3 is 0 Å². The number of carbonyl (C=O) groups is 1. The van der Waals surface area contributed by atoms with Gasteiger partial charge < -0.3 is 5.32 Å². The average molecular weight is 466 g/mol. The Morgan fingerprint density at radius 2 is 1.79 bits per heavy atom. The predicted octanol–water partition coefficient (Wildman–Crippen LogP) is 3.70.